The Bertz CT molecular complexity index is 451. The lowest BCUT2D eigenvalue weighted by atomic mass is 10.1. The zero-order valence-corrected chi connectivity index (χ0v) is 13.0. The monoisotopic (exact) mass is 298 g/mol. The van der Waals surface area contributed by atoms with Gasteiger partial charge >= 0.3 is 0 Å². The largest absolute Gasteiger partial charge is 0.479 e. The van der Waals surface area contributed by atoms with Gasteiger partial charge in [0, 0.05) is 6.04 Å². The molecular weight excluding hydrogens is 276 g/mol. The number of carbonyl (C=O) groups is 1. The first-order chi connectivity index (χ1) is 9.47. The van der Waals surface area contributed by atoms with Crippen LogP contribution in [0.15, 0.2) is 18.2 Å². The minimum absolute atomic E-state index is 0.135. The van der Waals surface area contributed by atoms with E-state index >= 15 is 0 Å². The van der Waals surface area contributed by atoms with Gasteiger partial charge in [0.25, 0.3) is 5.91 Å². The summed E-state index contributed by atoms with van der Waals surface area (Å²) >= 11 is 6.15. The number of rotatable bonds is 7. The van der Waals surface area contributed by atoms with Crippen LogP contribution >= 0.6 is 11.6 Å². The van der Waals surface area contributed by atoms with Crippen LogP contribution in [-0.2, 0) is 11.2 Å². The third-order valence-electron chi connectivity index (χ3n) is 3.10. The van der Waals surface area contributed by atoms with Gasteiger partial charge < -0.3 is 15.8 Å². The van der Waals surface area contributed by atoms with Crippen molar-refractivity contribution < 1.29 is 9.53 Å². The Labute approximate surface area is 125 Å². The Morgan fingerprint density at radius 2 is 2.15 bits per heavy atom. The number of nitrogens with two attached hydrogens (primary N) is 1. The van der Waals surface area contributed by atoms with Gasteiger partial charge in [-0.15, -0.1) is 0 Å². The summed E-state index contributed by atoms with van der Waals surface area (Å²) in [5, 5.41) is 3.38. The average molecular weight is 299 g/mol. The zero-order valence-electron chi connectivity index (χ0n) is 12.3. The van der Waals surface area contributed by atoms with Crippen molar-refractivity contribution in [2.75, 3.05) is 6.54 Å². The molecule has 112 valence electrons. The van der Waals surface area contributed by atoms with Crippen molar-refractivity contribution in [3.8, 4) is 5.75 Å². The second-order valence-electron chi connectivity index (χ2n) is 4.88. The van der Waals surface area contributed by atoms with Crippen LogP contribution in [0.5, 0.6) is 5.75 Å². The predicted molar refractivity (Wildman–Crippen MR) is 82.2 cm³/mol. The van der Waals surface area contributed by atoms with Gasteiger partial charge in [0.1, 0.15) is 5.75 Å². The molecule has 0 saturated heterocycles. The van der Waals surface area contributed by atoms with Crippen LogP contribution in [0, 0.1) is 0 Å². The highest BCUT2D eigenvalue weighted by molar-refractivity contribution is 6.32. The number of hydrogen-bond acceptors (Lipinski definition) is 3. The molecule has 0 radical (unpaired) electrons. The smallest absolute Gasteiger partial charge is 0.260 e. The van der Waals surface area contributed by atoms with Crippen molar-refractivity contribution in [1.29, 1.82) is 0 Å². The SMILES string of the molecule is CCC(C)NC(=O)C(C)Oc1ccc(CCN)cc1Cl. The van der Waals surface area contributed by atoms with Crippen LogP contribution in [0.3, 0.4) is 0 Å². The number of nitrogens with one attached hydrogen (secondary N) is 1. The van der Waals surface area contributed by atoms with Crippen molar-refractivity contribution >= 4 is 17.5 Å². The quantitative estimate of drug-likeness (QED) is 0.813. The molecule has 0 spiro atoms. The molecule has 1 rings (SSSR count). The predicted octanol–water partition coefficient (Wildman–Crippen LogP) is 2.52. The third kappa shape index (κ3) is 5.02. The Morgan fingerprint density at radius 3 is 2.70 bits per heavy atom. The van der Waals surface area contributed by atoms with E-state index in [0.717, 1.165) is 18.4 Å². The first-order valence-corrected chi connectivity index (χ1v) is 7.31. The lowest BCUT2D eigenvalue weighted by Gasteiger charge is -2.18. The van der Waals surface area contributed by atoms with Gasteiger partial charge in [0.2, 0.25) is 0 Å². The number of carbonyl (C=O) groups excluding carboxylic acids is 1. The summed E-state index contributed by atoms with van der Waals surface area (Å²) < 4.78 is 5.61. The second kappa shape index (κ2) is 8.12. The molecule has 0 aromatic heterocycles. The van der Waals surface area contributed by atoms with Crippen LogP contribution in [0.25, 0.3) is 0 Å². The number of hydrogen-bond donors (Lipinski definition) is 2. The van der Waals surface area contributed by atoms with E-state index in [0.29, 0.717) is 17.3 Å². The molecule has 4 nitrogen and oxygen atoms in total. The maximum Gasteiger partial charge on any atom is 0.260 e. The van der Waals surface area contributed by atoms with Gasteiger partial charge in [-0.25, -0.2) is 0 Å². The van der Waals surface area contributed by atoms with E-state index < -0.39 is 6.10 Å². The van der Waals surface area contributed by atoms with Gasteiger partial charge in [-0.2, -0.15) is 0 Å². The van der Waals surface area contributed by atoms with E-state index in [4.69, 9.17) is 22.1 Å². The second-order valence-corrected chi connectivity index (χ2v) is 5.29. The Hall–Kier alpha value is -1.26. The number of amides is 1. The highest BCUT2D eigenvalue weighted by Crippen LogP contribution is 2.26. The zero-order chi connectivity index (χ0) is 15.1. The van der Waals surface area contributed by atoms with E-state index in [2.05, 4.69) is 5.32 Å². The van der Waals surface area contributed by atoms with Crippen molar-refractivity contribution in [2.24, 2.45) is 5.73 Å². The summed E-state index contributed by atoms with van der Waals surface area (Å²) in [6.45, 7) is 6.26. The Kier molecular flexibility index (Phi) is 6.82. The van der Waals surface area contributed by atoms with Crippen molar-refractivity contribution in [3.63, 3.8) is 0 Å². The lowest BCUT2D eigenvalue weighted by molar-refractivity contribution is -0.127. The molecule has 2 atom stereocenters. The topological polar surface area (TPSA) is 64.3 Å². The first-order valence-electron chi connectivity index (χ1n) is 6.93. The minimum Gasteiger partial charge on any atom is -0.479 e. The molecule has 1 aromatic rings. The summed E-state index contributed by atoms with van der Waals surface area (Å²) in [5.74, 6) is 0.376. The first kappa shape index (κ1) is 16.8. The number of halogens is 1. The van der Waals surface area contributed by atoms with E-state index in [9.17, 15) is 4.79 Å². The molecular formula is C15H23ClN2O2. The Balaban J connectivity index is 2.65. The molecule has 1 amide bonds. The number of ether oxygens (including phenoxy) is 1. The molecule has 0 bridgehead atoms. The summed E-state index contributed by atoms with van der Waals surface area (Å²) in [6, 6.07) is 5.65. The molecule has 0 aliphatic rings. The van der Waals surface area contributed by atoms with Gasteiger partial charge in [-0.3, -0.25) is 4.79 Å². The van der Waals surface area contributed by atoms with Gasteiger partial charge in [-0.05, 0) is 50.9 Å². The molecule has 20 heavy (non-hydrogen) atoms. The van der Waals surface area contributed by atoms with Crippen LogP contribution < -0.4 is 15.8 Å². The molecule has 2 unspecified atom stereocenters. The molecule has 5 heteroatoms. The van der Waals surface area contributed by atoms with Gasteiger partial charge in [0.05, 0.1) is 5.02 Å². The summed E-state index contributed by atoms with van der Waals surface area (Å²) in [6.07, 6.45) is 1.07. The molecule has 0 aliphatic heterocycles. The standard InChI is InChI=1S/C15H23ClN2O2/c1-4-10(2)18-15(19)11(3)20-14-6-5-12(7-8-17)9-13(14)16/h5-6,9-11H,4,7-8,17H2,1-3H3,(H,18,19). The van der Waals surface area contributed by atoms with Gasteiger partial charge in [-0.1, -0.05) is 24.6 Å². The molecule has 0 fully saturated rings. The molecule has 3 N–H and O–H groups in total. The third-order valence-corrected chi connectivity index (χ3v) is 3.40. The van der Waals surface area contributed by atoms with E-state index in [-0.39, 0.29) is 11.9 Å². The van der Waals surface area contributed by atoms with Crippen LogP contribution in [0.4, 0.5) is 0 Å². The fourth-order valence-electron chi connectivity index (χ4n) is 1.67. The Morgan fingerprint density at radius 1 is 1.45 bits per heavy atom. The maximum atomic E-state index is 11.9. The molecule has 0 heterocycles. The van der Waals surface area contributed by atoms with E-state index in [1.807, 2.05) is 26.0 Å². The minimum atomic E-state index is -0.582. The summed E-state index contributed by atoms with van der Waals surface area (Å²) in [5.41, 5.74) is 6.56. The van der Waals surface area contributed by atoms with Crippen molar-refractivity contribution in [2.45, 2.75) is 45.8 Å². The van der Waals surface area contributed by atoms with Crippen LogP contribution in [0.2, 0.25) is 5.02 Å². The molecule has 1 aromatic carbocycles. The average Bonchev–Trinajstić information content (AvgIpc) is 2.41. The van der Waals surface area contributed by atoms with Crippen LogP contribution in [-0.4, -0.2) is 24.6 Å². The van der Waals surface area contributed by atoms with Gasteiger partial charge in [0.15, 0.2) is 6.10 Å². The highest BCUT2D eigenvalue weighted by Gasteiger charge is 2.17. The summed E-state index contributed by atoms with van der Waals surface area (Å²) in [4.78, 5) is 11.9. The highest BCUT2D eigenvalue weighted by atomic mass is 35.5. The molecule has 0 aliphatic carbocycles. The summed E-state index contributed by atoms with van der Waals surface area (Å²) in [7, 11) is 0. The van der Waals surface area contributed by atoms with Crippen molar-refractivity contribution in [3.05, 3.63) is 28.8 Å². The molecule has 0 saturated carbocycles. The van der Waals surface area contributed by atoms with Crippen LogP contribution in [0.1, 0.15) is 32.8 Å². The lowest BCUT2D eigenvalue weighted by Crippen LogP contribution is -2.41. The fraction of sp³-hybridized carbons (Fsp3) is 0.533. The fourth-order valence-corrected chi connectivity index (χ4v) is 1.92. The maximum absolute atomic E-state index is 11.9. The normalized spacial score (nSPS) is 13.7. The van der Waals surface area contributed by atoms with E-state index in [1.54, 1.807) is 13.0 Å². The van der Waals surface area contributed by atoms with Crippen molar-refractivity contribution in [1.82, 2.24) is 5.32 Å². The van der Waals surface area contributed by atoms with E-state index in [1.165, 1.54) is 0 Å². The number of benzene rings is 1.